The molecule has 38 N–H and O–H groups in total. The van der Waals surface area contributed by atoms with E-state index in [1.165, 1.54) is 88.8 Å². The molecule has 137 heavy (non-hydrogen) atoms. The Labute approximate surface area is 792 Å². The molecule has 760 valence electrons. The summed E-state index contributed by atoms with van der Waals surface area (Å²) in [6.45, 7) is 16.2. The van der Waals surface area contributed by atoms with E-state index in [2.05, 4.69) is 101 Å². The molecule has 3 aromatic rings. The van der Waals surface area contributed by atoms with E-state index in [4.69, 9.17) is 49.7 Å². The Balaban J connectivity index is 2.35. The highest BCUT2D eigenvalue weighted by Gasteiger charge is 2.35. The number of guanidine groups is 3. The molecule has 16 unspecified atom stereocenters. The number of nitrogens with two attached hydrogens (primary N) is 3. The van der Waals surface area contributed by atoms with E-state index in [1.54, 1.807) is 41.5 Å². The molecule has 0 saturated heterocycles. The van der Waals surface area contributed by atoms with Gasteiger partial charge < -0.3 is 150 Å². The highest BCUT2D eigenvalue weighted by Crippen LogP contribution is 2.25. The number of H-pyrrole nitrogens is 1. The maximum absolute atomic E-state index is 12.3. The summed E-state index contributed by atoms with van der Waals surface area (Å²) in [5.74, 6) is -19.4. The number of benzene rings is 2. The Kier molecular flexibility index (Phi) is 50.4. The Morgan fingerprint density at radius 2 is 0.679 bits per heavy atom. The van der Waals surface area contributed by atoms with Crippen LogP contribution in [0.2, 0.25) is 0 Å². The van der Waals surface area contributed by atoms with Crippen molar-refractivity contribution in [2.24, 2.45) is 116 Å². The molecular weight excluding hydrogens is 1790 g/mol. The first-order chi connectivity index (χ1) is 64.3. The van der Waals surface area contributed by atoms with Gasteiger partial charge in [-0.2, -0.15) is 0 Å². The van der Waals surface area contributed by atoms with Crippen LogP contribution in [0.25, 0.3) is 0 Å². The van der Waals surface area contributed by atoms with Gasteiger partial charge in [0.05, 0.1) is 25.5 Å². The van der Waals surface area contributed by atoms with Crippen LogP contribution in [0.4, 0.5) is 0 Å². The van der Waals surface area contributed by atoms with Crippen molar-refractivity contribution in [2.45, 2.75) is 269 Å². The quantitative estimate of drug-likeness (QED) is 0.0148. The lowest BCUT2D eigenvalue weighted by molar-refractivity contribution is 0.178. The number of nitrogens with zero attached hydrogens (tertiary/aromatic N) is 16. The molecule has 0 aliphatic rings. The summed E-state index contributed by atoms with van der Waals surface area (Å²) in [6.07, 6.45) is -2.58. The molecule has 0 spiro atoms. The standard InChI is InChI=1S/C86H139N29O22/c1-41(2)31-58(109-81(135)64(39-116)113-70(124)45(9)101-47(11)118)75(129)103-54(16-13-29-98-85(92)93)73(127)111-62(36-50-38-96-40-100-50)78(132)110-61(35-49-20-24-52(120)25-21-49)77(131)107-59(32-42(3)4)76(130)112-63(37-66(88)122)79(133)108-60(33-43(5)6)80(134)114-67(44(7)8)82(136)115-68(46(10)117)83(137)105-55(17-14-30-99-86(94)95)71(125)104-56(26-27-65(87)121)74(128)102-53(15-12-28-97-84(90)91)72(126)106-57(69(89)123)34-48-18-22-51(119)23-19-48/h18-25,38,40-46,53-64,67-68,116-117,119-120H,12-17,26-37,39H2,1-11H3,(H2,87,121)(H2,88,122)(H2,89,123)(H,96,100)(H,101,118)(H,102,128)(H,103,129)(H,104,125)(H,105,137)(H,106,126)(H,107,131)(H,108,133)(H,109,135)(H,110,132)(H,111,127)(H,112,130)(H,113,124)(H,114,134)(H,115,136)(H4,90,91,97)(H4,92,93,98)(H4,94,95,99). The van der Waals surface area contributed by atoms with Crippen molar-refractivity contribution in [3.05, 3.63) is 77.9 Å². The monoisotopic (exact) mass is 1930 g/mol. The zero-order chi connectivity index (χ0) is 103. The largest absolute Gasteiger partial charge is 0.508 e. The van der Waals surface area contributed by atoms with E-state index < -0.39 is 264 Å². The Morgan fingerprint density at radius 1 is 0.365 bits per heavy atom. The molecular formula is C86H139N29O22. The molecule has 0 saturated carbocycles. The predicted octanol–water partition coefficient (Wildman–Crippen LogP) is 7.50. The minimum Gasteiger partial charge on any atom is -0.508 e. The second-order valence-electron chi connectivity index (χ2n) is 33.8. The van der Waals surface area contributed by atoms with Gasteiger partial charge in [-0.1, -0.05) is 79.7 Å². The second-order valence-corrected chi connectivity index (χ2v) is 33.8. The molecule has 2 aromatic carbocycles. The third-order valence-corrected chi connectivity index (χ3v) is 19.9. The van der Waals surface area contributed by atoms with Gasteiger partial charge in [-0.25, -0.2) is 79.9 Å². The number of imidazole rings is 1. The number of aliphatic hydroxyl groups excluding tert-OH is 20. The van der Waals surface area contributed by atoms with Gasteiger partial charge in [0.2, 0.25) is 88.5 Å². The number of hydrogen-bond donors (Lipinski definition) is 35. The highest BCUT2D eigenvalue weighted by atomic mass is 16.3. The van der Waals surface area contributed by atoms with Crippen molar-refractivity contribution in [3.63, 3.8) is 0 Å². The van der Waals surface area contributed by atoms with Gasteiger partial charge in [0.1, 0.15) is 90.0 Å². The Morgan fingerprint density at radius 3 is 1.03 bits per heavy atom. The van der Waals surface area contributed by atoms with Crippen LogP contribution in [-0.2, 0) is 19.3 Å². The summed E-state index contributed by atoms with van der Waals surface area (Å²) in [4.78, 5) is 70.5. The third-order valence-electron chi connectivity index (χ3n) is 19.9. The van der Waals surface area contributed by atoms with E-state index >= 15 is 0 Å². The van der Waals surface area contributed by atoms with E-state index in [1.807, 2.05) is 0 Å². The first-order valence-corrected chi connectivity index (χ1v) is 44.1. The number of phenolic OH excluding ortho intramolecular Hbond substituents is 2. The van der Waals surface area contributed by atoms with Crippen molar-refractivity contribution < 1.29 is 112 Å². The van der Waals surface area contributed by atoms with Crippen molar-refractivity contribution in [1.82, 2.24) is 25.9 Å². The zero-order valence-electron chi connectivity index (χ0n) is 78.5. The number of aliphatic imine (C=N–C) groups is 15. The molecule has 3 rings (SSSR count). The number of aromatic hydroxyl groups is 2. The summed E-state index contributed by atoms with van der Waals surface area (Å²) in [5.41, 5.74) is 17.7. The fraction of sp³-hybridized carbons (Fsp3) is 0.581. The van der Waals surface area contributed by atoms with E-state index in [-0.39, 0.29) is 114 Å². The Hall–Kier alpha value is -14.6. The lowest BCUT2D eigenvalue weighted by Gasteiger charge is -2.22. The van der Waals surface area contributed by atoms with Crippen molar-refractivity contribution in [3.8, 4) is 11.5 Å². The van der Waals surface area contributed by atoms with Gasteiger partial charge >= 0.3 is 0 Å². The normalized spacial score (nSPS) is 17.5. The summed E-state index contributed by atoms with van der Waals surface area (Å²) in [5, 5.41) is 303. The van der Waals surface area contributed by atoms with Crippen LogP contribution < -0.4 is 33.2 Å². The fourth-order valence-electron chi connectivity index (χ4n) is 12.9. The summed E-state index contributed by atoms with van der Waals surface area (Å²) in [6, 6.07) is -12.6. The topological polar surface area (TPSA) is 916 Å². The number of nitrogens with one attached hydrogen (secondary N) is 10. The van der Waals surface area contributed by atoms with Crippen molar-refractivity contribution in [2.75, 3.05) is 26.2 Å². The number of phenols is 2. The van der Waals surface area contributed by atoms with E-state index in [0.717, 1.165) is 6.92 Å². The van der Waals surface area contributed by atoms with Gasteiger partial charge in [-0.05, 0) is 137 Å². The minimum absolute atomic E-state index is 0.0120. The van der Waals surface area contributed by atoms with Gasteiger partial charge in [0.25, 0.3) is 0 Å². The number of hydrogen-bond acceptors (Lipinski definition) is 26. The lowest BCUT2D eigenvalue weighted by Crippen LogP contribution is -2.37. The van der Waals surface area contributed by atoms with E-state index in [9.17, 15) is 112 Å². The lowest BCUT2D eigenvalue weighted by atomic mass is 10.0. The number of aliphatic hydroxyl groups is 20. The molecule has 16 atom stereocenters. The van der Waals surface area contributed by atoms with Crippen LogP contribution >= 0.6 is 0 Å². The molecule has 1 heterocycles. The first kappa shape index (κ1) is 117. The fourth-order valence-corrected chi connectivity index (χ4v) is 12.9. The average Bonchev–Trinajstić information content (AvgIpc) is 0.971. The van der Waals surface area contributed by atoms with Crippen LogP contribution in [0.5, 0.6) is 11.5 Å². The number of aromatic nitrogens is 2. The van der Waals surface area contributed by atoms with Crippen molar-refractivity contribution in [1.29, 1.82) is 32.5 Å². The molecule has 51 heteroatoms. The first-order valence-electron chi connectivity index (χ1n) is 44.1. The summed E-state index contributed by atoms with van der Waals surface area (Å²) >= 11 is 0. The van der Waals surface area contributed by atoms with Gasteiger partial charge in [0, 0.05) is 64.1 Å². The SMILES string of the molecule is CC(O)=NC(C)C(O)=NC(CO)C(O)=NC(CC(C)C)C(O)=NC(CCCNC(=N)N)C(O)=NC(Cc1cnc[nH]1)C(O)=NC(Cc1ccc(O)cc1)C(O)=NC(CC(C)C)C(O)=NC(CC(=N)O)C(O)=NC(CC(C)C)C(O)=NC(C(O)=NC(C(O)=NC(CCCNC(=N)N)C(O)=NC(CCC(=N)O)C(O)=NC(CCCNC(=N)N)C(O)=NC(Cc1ccc(O)cc1)C(=N)O)C(C)O)C(C)C. The molecule has 0 aliphatic heterocycles. The molecule has 0 radical (unpaired) electrons. The molecule has 0 bridgehead atoms. The van der Waals surface area contributed by atoms with Crippen molar-refractivity contribution >= 4 is 124 Å². The third kappa shape index (κ3) is 44.9. The Bertz CT molecular complexity index is 4850. The average molecular weight is 1930 g/mol. The van der Waals surface area contributed by atoms with E-state index in [0.29, 0.717) is 16.8 Å². The number of aromatic amines is 1. The van der Waals surface area contributed by atoms with Crippen LogP contribution in [0.1, 0.15) is 170 Å². The predicted molar refractivity (Wildman–Crippen MR) is 529 cm³/mol. The number of rotatable bonds is 62. The summed E-state index contributed by atoms with van der Waals surface area (Å²) in [7, 11) is 0. The van der Waals surface area contributed by atoms with Gasteiger partial charge in [0.15, 0.2) is 47.7 Å². The molecule has 0 amide bonds. The van der Waals surface area contributed by atoms with Crippen LogP contribution in [0.15, 0.2) is 136 Å². The molecule has 0 fully saturated rings. The highest BCUT2D eigenvalue weighted by molar-refractivity contribution is 5.97. The zero-order valence-corrected chi connectivity index (χ0v) is 78.5. The molecule has 1 aromatic heterocycles. The molecule has 51 nitrogen and oxygen atoms in total. The van der Waals surface area contributed by atoms with Crippen LogP contribution in [0.3, 0.4) is 0 Å². The molecule has 0 aliphatic carbocycles. The minimum atomic E-state index is -1.94. The van der Waals surface area contributed by atoms with Gasteiger partial charge in [-0.15, -0.1) is 0 Å². The smallest absolute Gasteiger partial charge is 0.209 e. The van der Waals surface area contributed by atoms with Crippen LogP contribution in [-0.4, -0.2) is 369 Å². The van der Waals surface area contributed by atoms with Crippen LogP contribution in [0, 0.1) is 56.1 Å². The summed E-state index contributed by atoms with van der Waals surface area (Å²) < 4.78 is 0. The van der Waals surface area contributed by atoms with Gasteiger partial charge in [-0.3, -0.25) is 32.5 Å². The maximum atomic E-state index is 12.3. The maximum Gasteiger partial charge on any atom is 0.209 e. The second kappa shape index (κ2) is 59.2.